The van der Waals surface area contributed by atoms with Crippen LogP contribution < -0.4 is 24.8 Å². The van der Waals surface area contributed by atoms with Crippen LogP contribution in [0.15, 0.2) is 106 Å². The third kappa shape index (κ3) is 6.75. The molecule has 0 aliphatic carbocycles. The third-order valence-corrected chi connectivity index (χ3v) is 7.03. The van der Waals surface area contributed by atoms with Gasteiger partial charge in [-0.15, -0.1) is 0 Å². The zero-order chi connectivity index (χ0) is 25.5. The molecule has 0 aromatic heterocycles. The second-order valence-corrected chi connectivity index (χ2v) is 10.5. The minimum absolute atomic E-state index is 0.0562. The summed E-state index contributed by atoms with van der Waals surface area (Å²) < 4.78 is 40.3. The second-order valence-electron chi connectivity index (χ2n) is 7.49. The summed E-state index contributed by atoms with van der Waals surface area (Å²) >= 11 is 8.75. The summed E-state index contributed by atoms with van der Waals surface area (Å²) in [7, 11) is -2.35. The van der Waals surface area contributed by atoms with Gasteiger partial charge in [0.15, 0.2) is 5.11 Å². The zero-order valence-electron chi connectivity index (χ0n) is 19.1. The molecule has 4 aromatic rings. The maximum Gasteiger partial charge on any atom is 0.262 e. The number of halogens is 1. The van der Waals surface area contributed by atoms with Crippen LogP contribution in [0.2, 0.25) is 0 Å². The topological polar surface area (TPSA) is 88.7 Å². The minimum atomic E-state index is -3.81. The molecule has 184 valence electrons. The highest BCUT2D eigenvalue weighted by molar-refractivity contribution is 9.10. The highest BCUT2D eigenvalue weighted by atomic mass is 79.9. The molecule has 0 unspecified atom stereocenters. The van der Waals surface area contributed by atoms with E-state index in [2.05, 4.69) is 31.3 Å². The largest absolute Gasteiger partial charge is 0.495 e. The Bertz CT molecular complexity index is 1450. The van der Waals surface area contributed by atoms with Gasteiger partial charge >= 0.3 is 0 Å². The Morgan fingerprint density at radius 2 is 1.44 bits per heavy atom. The van der Waals surface area contributed by atoms with Crippen LogP contribution in [0.5, 0.6) is 17.2 Å². The molecular weight excluding hydrogens is 562 g/mol. The smallest absolute Gasteiger partial charge is 0.262 e. The van der Waals surface area contributed by atoms with Crippen LogP contribution in [-0.2, 0) is 10.0 Å². The molecule has 4 aromatic carbocycles. The Kier molecular flexibility index (Phi) is 8.09. The van der Waals surface area contributed by atoms with Gasteiger partial charge in [0.05, 0.1) is 17.7 Å². The van der Waals surface area contributed by atoms with E-state index in [9.17, 15) is 8.42 Å². The van der Waals surface area contributed by atoms with Crippen molar-refractivity contribution >= 4 is 60.3 Å². The first-order valence-corrected chi connectivity index (χ1v) is 13.4. The molecule has 0 radical (unpaired) electrons. The van der Waals surface area contributed by atoms with Crippen LogP contribution in [0.25, 0.3) is 0 Å². The number of methoxy groups -OCH3 is 1. The van der Waals surface area contributed by atoms with E-state index in [1.165, 1.54) is 19.2 Å². The van der Waals surface area contributed by atoms with Gasteiger partial charge in [-0.25, -0.2) is 8.42 Å². The van der Waals surface area contributed by atoms with Gasteiger partial charge in [-0.3, -0.25) is 4.72 Å². The fraction of sp³-hybridized carbons (Fsp3) is 0.0385. The summed E-state index contributed by atoms with van der Waals surface area (Å²) in [5.41, 5.74) is 1.72. The Morgan fingerprint density at radius 3 is 2.11 bits per heavy atom. The zero-order valence-corrected chi connectivity index (χ0v) is 22.3. The normalized spacial score (nSPS) is 10.8. The predicted octanol–water partition coefficient (Wildman–Crippen LogP) is 6.86. The van der Waals surface area contributed by atoms with E-state index in [1.54, 1.807) is 30.3 Å². The van der Waals surface area contributed by atoms with E-state index in [1.807, 2.05) is 54.6 Å². The number of nitrogens with one attached hydrogen (secondary N) is 3. The van der Waals surface area contributed by atoms with Gasteiger partial charge in [0, 0.05) is 21.9 Å². The molecule has 0 heterocycles. The van der Waals surface area contributed by atoms with Crippen molar-refractivity contribution < 1.29 is 17.9 Å². The van der Waals surface area contributed by atoms with Crippen LogP contribution in [0.3, 0.4) is 0 Å². The number of rotatable bonds is 8. The fourth-order valence-electron chi connectivity index (χ4n) is 3.19. The minimum Gasteiger partial charge on any atom is -0.495 e. The molecule has 0 amide bonds. The fourth-order valence-corrected chi connectivity index (χ4v) is 4.76. The number of benzene rings is 4. The lowest BCUT2D eigenvalue weighted by Gasteiger charge is -2.15. The van der Waals surface area contributed by atoms with Gasteiger partial charge in [0.2, 0.25) is 0 Å². The number of hydrogen-bond donors (Lipinski definition) is 3. The average molecular weight is 585 g/mol. The molecule has 0 aliphatic rings. The molecule has 0 aliphatic heterocycles. The van der Waals surface area contributed by atoms with Crippen molar-refractivity contribution in [2.24, 2.45) is 0 Å². The van der Waals surface area contributed by atoms with E-state index < -0.39 is 10.0 Å². The van der Waals surface area contributed by atoms with Crippen LogP contribution in [-0.4, -0.2) is 20.6 Å². The van der Waals surface area contributed by atoms with Crippen LogP contribution in [0.4, 0.5) is 17.1 Å². The van der Waals surface area contributed by atoms with Crippen molar-refractivity contribution in [1.82, 2.24) is 0 Å². The molecule has 4 rings (SSSR count). The van der Waals surface area contributed by atoms with Gasteiger partial charge in [0.25, 0.3) is 10.0 Å². The number of anilines is 3. The lowest BCUT2D eigenvalue weighted by Crippen LogP contribution is -2.20. The number of hydrogen-bond acceptors (Lipinski definition) is 5. The summed E-state index contributed by atoms with van der Waals surface area (Å²) in [5.74, 6) is 1.77. The number of thiocarbonyl (C=S) groups is 1. The van der Waals surface area contributed by atoms with Crippen molar-refractivity contribution in [1.29, 1.82) is 0 Å². The highest BCUT2D eigenvalue weighted by Crippen LogP contribution is 2.29. The van der Waals surface area contributed by atoms with Crippen molar-refractivity contribution in [3.8, 4) is 17.2 Å². The van der Waals surface area contributed by atoms with Gasteiger partial charge in [-0.05, 0) is 85.0 Å². The number of sulfonamides is 1. The number of ether oxygens (including phenoxy) is 2. The third-order valence-electron chi connectivity index (χ3n) is 4.92. The summed E-state index contributed by atoms with van der Waals surface area (Å²) in [4.78, 5) is 0.0562. The average Bonchev–Trinajstić information content (AvgIpc) is 2.87. The molecule has 3 N–H and O–H groups in total. The molecule has 0 atom stereocenters. The predicted molar refractivity (Wildman–Crippen MR) is 151 cm³/mol. The van der Waals surface area contributed by atoms with Crippen LogP contribution in [0, 0.1) is 0 Å². The van der Waals surface area contributed by atoms with Gasteiger partial charge < -0.3 is 20.1 Å². The van der Waals surface area contributed by atoms with Gasteiger partial charge in [0.1, 0.15) is 17.2 Å². The SMILES string of the molecule is COc1cc(S(=O)(=O)Nc2ccc(Br)cc2)ccc1NC(=S)Nc1ccc(Oc2ccccc2)cc1. The summed E-state index contributed by atoms with van der Waals surface area (Å²) in [6.45, 7) is 0. The number of para-hydroxylation sites is 1. The summed E-state index contributed by atoms with van der Waals surface area (Å²) in [6, 6.07) is 28.2. The standard InChI is InChI=1S/C26H22BrN3O4S2/c1-33-25-17-23(36(31,32)30-20-9-7-18(27)8-10-20)15-16-24(25)29-26(35)28-19-11-13-22(14-12-19)34-21-5-3-2-4-6-21/h2-17,30H,1H3,(H2,28,29,35). The summed E-state index contributed by atoms with van der Waals surface area (Å²) in [5, 5.41) is 6.45. The Morgan fingerprint density at radius 1 is 0.806 bits per heavy atom. The van der Waals surface area contributed by atoms with Gasteiger partial charge in [-0.1, -0.05) is 34.1 Å². The Hall–Kier alpha value is -3.60. The molecule has 0 fully saturated rings. The second kappa shape index (κ2) is 11.4. The van der Waals surface area contributed by atoms with E-state index in [-0.39, 0.29) is 4.90 Å². The first-order chi connectivity index (χ1) is 17.3. The van der Waals surface area contributed by atoms with Crippen LogP contribution in [0.1, 0.15) is 0 Å². The van der Waals surface area contributed by atoms with Crippen molar-refractivity contribution in [2.45, 2.75) is 4.90 Å². The first kappa shape index (κ1) is 25.5. The molecule has 10 heteroatoms. The van der Waals surface area contributed by atoms with E-state index in [0.717, 1.165) is 15.9 Å². The monoisotopic (exact) mass is 583 g/mol. The lowest BCUT2D eigenvalue weighted by atomic mass is 10.3. The molecule has 0 saturated carbocycles. The van der Waals surface area contributed by atoms with E-state index in [0.29, 0.717) is 28.0 Å². The lowest BCUT2D eigenvalue weighted by molar-refractivity contribution is 0.415. The van der Waals surface area contributed by atoms with Crippen molar-refractivity contribution in [2.75, 3.05) is 22.5 Å². The maximum atomic E-state index is 12.8. The molecule has 36 heavy (non-hydrogen) atoms. The first-order valence-electron chi connectivity index (χ1n) is 10.7. The molecule has 0 saturated heterocycles. The van der Waals surface area contributed by atoms with E-state index in [4.69, 9.17) is 21.7 Å². The molecule has 7 nitrogen and oxygen atoms in total. The molecule has 0 bridgehead atoms. The molecule has 0 spiro atoms. The Balaban J connectivity index is 1.40. The van der Waals surface area contributed by atoms with Crippen molar-refractivity contribution in [3.63, 3.8) is 0 Å². The molecular formula is C26H22BrN3O4S2. The Labute approximate surface area is 223 Å². The maximum absolute atomic E-state index is 12.8. The summed E-state index contributed by atoms with van der Waals surface area (Å²) in [6.07, 6.45) is 0. The highest BCUT2D eigenvalue weighted by Gasteiger charge is 2.17. The quantitative estimate of drug-likeness (QED) is 0.195. The van der Waals surface area contributed by atoms with Crippen LogP contribution >= 0.6 is 28.1 Å². The van der Waals surface area contributed by atoms with Gasteiger partial charge in [-0.2, -0.15) is 0 Å². The van der Waals surface area contributed by atoms with Crippen molar-refractivity contribution in [3.05, 3.63) is 102 Å². The van der Waals surface area contributed by atoms with E-state index >= 15 is 0 Å².